The monoisotopic (exact) mass is 308 g/mol. The molecule has 4 nitrogen and oxygen atoms in total. The van der Waals surface area contributed by atoms with Crippen LogP contribution < -0.4 is 0 Å². The molecule has 0 aliphatic rings. The van der Waals surface area contributed by atoms with E-state index in [1.807, 2.05) is 36.4 Å². The average Bonchev–Trinajstić information content (AvgIpc) is 2.60. The van der Waals surface area contributed by atoms with E-state index in [9.17, 15) is 10.5 Å². The quantitative estimate of drug-likeness (QED) is 0.454. The molecule has 3 aromatic carbocycles. The Kier molecular flexibility index (Phi) is 2.95. The van der Waals surface area contributed by atoms with Gasteiger partial charge in [-0.15, -0.1) is 0 Å². The van der Waals surface area contributed by atoms with E-state index < -0.39 is 0 Å². The lowest BCUT2D eigenvalue weighted by Crippen LogP contribution is -1.97. The molecule has 4 aromatic rings. The van der Waals surface area contributed by atoms with Gasteiger partial charge in [-0.05, 0) is 24.6 Å². The van der Waals surface area contributed by atoms with E-state index in [2.05, 4.69) is 35.9 Å². The van der Waals surface area contributed by atoms with E-state index in [1.54, 1.807) is 0 Å². The third-order valence-electron chi connectivity index (χ3n) is 4.26. The molecule has 0 N–H and O–H groups in total. The maximum absolute atomic E-state index is 9.27. The number of nitrogens with zero attached hydrogens (tertiary/aromatic N) is 4. The highest BCUT2D eigenvalue weighted by Gasteiger charge is 2.15. The van der Waals surface area contributed by atoms with Crippen LogP contribution >= 0.6 is 0 Å². The molecule has 0 amide bonds. The van der Waals surface area contributed by atoms with Crippen molar-refractivity contribution in [3.05, 3.63) is 58.9 Å². The second kappa shape index (κ2) is 5.01. The van der Waals surface area contributed by atoms with Crippen molar-refractivity contribution in [2.24, 2.45) is 0 Å². The van der Waals surface area contributed by atoms with Crippen LogP contribution in [0.2, 0.25) is 0 Å². The van der Waals surface area contributed by atoms with Gasteiger partial charge >= 0.3 is 0 Å². The molecule has 0 unspecified atom stereocenters. The first-order chi connectivity index (χ1) is 11.6. The first kappa shape index (κ1) is 14.1. The predicted molar refractivity (Wildman–Crippen MR) is 93.5 cm³/mol. The number of benzene rings is 3. The summed E-state index contributed by atoms with van der Waals surface area (Å²) < 4.78 is 0. The second-order valence-corrected chi connectivity index (χ2v) is 5.94. The number of hydrogen-bond acceptors (Lipinski definition) is 4. The van der Waals surface area contributed by atoms with Gasteiger partial charge < -0.3 is 0 Å². The van der Waals surface area contributed by atoms with Gasteiger partial charge in [-0.25, -0.2) is 9.97 Å². The summed E-state index contributed by atoms with van der Waals surface area (Å²) >= 11 is 0. The number of aryl methyl sites for hydroxylation is 2. The van der Waals surface area contributed by atoms with Gasteiger partial charge in [0.05, 0.1) is 11.0 Å². The van der Waals surface area contributed by atoms with Crippen molar-refractivity contribution in [1.82, 2.24) is 9.97 Å². The summed E-state index contributed by atoms with van der Waals surface area (Å²) in [6.45, 7) is 4.10. The molecular weight excluding hydrogens is 296 g/mol. The van der Waals surface area contributed by atoms with Gasteiger partial charge in [-0.2, -0.15) is 10.5 Å². The summed E-state index contributed by atoms with van der Waals surface area (Å²) in [6.07, 6.45) is 0. The van der Waals surface area contributed by atoms with Crippen molar-refractivity contribution in [2.75, 3.05) is 0 Å². The molecule has 0 saturated carbocycles. The van der Waals surface area contributed by atoms with Gasteiger partial charge in [-0.3, -0.25) is 0 Å². The van der Waals surface area contributed by atoms with Crippen molar-refractivity contribution in [3.8, 4) is 12.1 Å². The normalized spacial score (nSPS) is 10.8. The fourth-order valence-electron chi connectivity index (χ4n) is 3.14. The van der Waals surface area contributed by atoms with E-state index in [0.717, 1.165) is 32.7 Å². The SMILES string of the molecule is Cc1ccc2c(c1)c1cc(C)ccc1c1nc(C#N)c(C#N)nc21. The molecule has 0 saturated heterocycles. The topological polar surface area (TPSA) is 73.4 Å². The molecule has 4 heteroatoms. The number of fused-ring (bicyclic) bond motifs is 6. The van der Waals surface area contributed by atoms with Crippen LogP contribution in [0.1, 0.15) is 22.5 Å². The van der Waals surface area contributed by atoms with Crippen LogP contribution in [0.25, 0.3) is 32.6 Å². The minimum Gasteiger partial charge on any atom is -0.232 e. The predicted octanol–water partition coefficient (Wildman–Crippen LogP) is 4.30. The first-order valence-electron chi connectivity index (χ1n) is 7.57. The van der Waals surface area contributed by atoms with Crippen LogP contribution in [0.3, 0.4) is 0 Å². The van der Waals surface area contributed by atoms with Crippen molar-refractivity contribution in [1.29, 1.82) is 10.5 Å². The molecule has 112 valence electrons. The van der Waals surface area contributed by atoms with Crippen LogP contribution in [0.5, 0.6) is 0 Å². The molecule has 0 spiro atoms. The Bertz CT molecular complexity index is 1140. The van der Waals surface area contributed by atoms with E-state index in [4.69, 9.17) is 0 Å². The van der Waals surface area contributed by atoms with E-state index in [-0.39, 0.29) is 11.4 Å². The van der Waals surface area contributed by atoms with Crippen molar-refractivity contribution >= 4 is 32.6 Å². The highest BCUT2D eigenvalue weighted by atomic mass is 14.8. The maximum Gasteiger partial charge on any atom is 0.177 e. The molecule has 0 atom stereocenters. The third-order valence-corrected chi connectivity index (χ3v) is 4.26. The smallest absolute Gasteiger partial charge is 0.177 e. The van der Waals surface area contributed by atoms with Crippen molar-refractivity contribution < 1.29 is 0 Å². The van der Waals surface area contributed by atoms with Gasteiger partial charge in [-0.1, -0.05) is 47.5 Å². The summed E-state index contributed by atoms with van der Waals surface area (Å²) in [4.78, 5) is 8.90. The molecule has 1 heterocycles. The zero-order valence-corrected chi connectivity index (χ0v) is 13.3. The minimum absolute atomic E-state index is 0.0679. The molecule has 0 fully saturated rings. The molecule has 0 bridgehead atoms. The van der Waals surface area contributed by atoms with E-state index in [1.165, 1.54) is 0 Å². The van der Waals surface area contributed by atoms with Gasteiger partial charge in [0, 0.05) is 10.8 Å². The Balaban J connectivity index is 2.37. The summed E-state index contributed by atoms with van der Waals surface area (Å²) in [7, 11) is 0. The molecule has 24 heavy (non-hydrogen) atoms. The van der Waals surface area contributed by atoms with Crippen LogP contribution in [-0.4, -0.2) is 9.97 Å². The lowest BCUT2D eigenvalue weighted by Gasteiger charge is -2.11. The zero-order chi connectivity index (χ0) is 16.8. The molecule has 4 rings (SSSR count). The third kappa shape index (κ3) is 1.91. The Morgan fingerprint density at radius 3 is 1.46 bits per heavy atom. The highest BCUT2D eigenvalue weighted by Crippen LogP contribution is 2.34. The van der Waals surface area contributed by atoms with Gasteiger partial charge in [0.15, 0.2) is 11.4 Å². The van der Waals surface area contributed by atoms with E-state index in [0.29, 0.717) is 11.0 Å². The first-order valence-corrected chi connectivity index (χ1v) is 7.57. The molecular formula is C20H12N4. The Labute approximate surface area is 138 Å². The number of rotatable bonds is 0. The standard InChI is InChI=1S/C20H12N4/c1-11-3-5-13-15(7-11)16-8-12(2)4-6-14(16)20-19(13)23-17(9-21)18(10-22)24-20/h3-8H,1-2H3. The fraction of sp³-hybridized carbons (Fsp3) is 0.100. The van der Waals surface area contributed by atoms with Crippen LogP contribution in [0.4, 0.5) is 0 Å². The Morgan fingerprint density at radius 2 is 1.08 bits per heavy atom. The highest BCUT2D eigenvalue weighted by molar-refractivity contribution is 6.23. The van der Waals surface area contributed by atoms with Crippen LogP contribution in [-0.2, 0) is 0 Å². The number of nitriles is 2. The molecule has 0 aliphatic heterocycles. The van der Waals surface area contributed by atoms with Gasteiger partial charge in [0.25, 0.3) is 0 Å². The van der Waals surface area contributed by atoms with Crippen LogP contribution in [0.15, 0.2) is 36.4 Å². The molecule has 0 radical (unpaired) electrons. The summed E-state index contributed by atoms with van der Waals surface area (Å²) in [5.41, 5.74) is 3.78. The van der Waals surface area contributed by atoms with Crippen molar-refractivity contribution in [3.63, 3.8) is 0 Å². The Morgan fingerprint density at radius 1 is 0.667 bits per heavy atom. The summed E-state index contributed by atoms with van der Waals surface area (Å²) in [5, 5.41) is 22.6. The minimum atomic E-state index is 0.0679. The number of hydrogen-bond donors (Lipinski definition) is 0. The largest absolute Gasteiger partial charge is 0.232 e. The average molecular weight is 308 g/mol. The summed E-state index contributed by atoms with van der Waals surface area (Å²) in [5.74, 6) is 0. The molecule has 1 aromatic heterocycles. The van der Waals surface area contributed by atoms with Crippen LogP contribution in [0, 0.1) is 36.5 Å². The number of aromatic nitrogens is 2. The van der Waals surface area contributed by atoms with Crippen molar-refractivity contribution in [2.45, 2.75) is 13.8 Å². The molecule has 0 aliphatic carbocycles. The second-order valence-electron chi connectivity index (χ2n) is 5.94. The zero-order valence-electron chi connectivity index (χ0n) is 13.3. The lowest BCUT2D eigenvalue weighted by molar-refractivity contribution is 1.21. The maximum atomic E-state index is 9.27. The van der Waals surface area contributed by atoms with E-state index >= 15 is 0 Å². The Hall–Kier alpha value is -3.50. The van der Waals surface area contributed by atoms with Gasteiger partial charge in [0.2, 0.25) is 0 Å². The fourth-order valence-corrected chi connectivity index (χ4v) is 3.14. The lowest BCUT2D eigenvalue weighted by atomic mass is 9.96. The summed E-state index contributed by atoms with van der Waals surface area (Å²) in [6, 6.07) is 16.3. The van der Waals surface area contributed by atoms with Gasteiger partial charge in [0.1, 0.15) is 12.1 Å².